The summed E-state index contributed by atoms with van der Waals surface area (Å²) in [6.07, 6.45) is 5.54. The van der Waals surface area contributed by atoms with Gasteiger partial charge in [-0.15, -0.1) is 0 Å². The number of anilines is 1. The molecule has 4 nitrogen and oxygen atoms in total. The first kappa shape index (κ1) is 14.5. The molecule has 1 aromatic rings. The van der Waals surface area contributed by atoms with Crippen molar-refractivity contribution in [2.75, 3.05) is 18.5 Å². The lowest BCUT2D eigenvalue weighted by atomic mass is 9.88. The van der Waals surface area contributed by atoms with Gasteiger partial charge in [-0.2, -0.15) is 0 Å². The monoisotopic (exact) mass is 307 g/mol. The molecule has 3 N–H and O–H groups in total. The molecule has 0 amide bonds. The van der Waals surface area contributed by atoms with E-state index in [1.54, 1.807) is 6.07 Å². The summed E-state index contributed by atoms with van der Waals surface area (Å²) < 4.78 is 0. The van der Waals surface area contributed by atoms with Crippen molar-refractivity contribution in [2.24, 2.45) is 28.6 Å². The van der Waals surface area contributed by atoms with Crippen molar-refractivity contribution < 1.29 is 5.21 Å². The lowest BCUT2D eigenvalue weighted by Gasteiger charge is -2.29. The van der Waals surface area contributed by atoms with Crippen molar-refractivity contribution in [2.45, 2.75) is 25.7 Å². The number of amidine groups is 1. The fourth-order valence-corrected chi connectivity index (χ4v) is 4.31. The summed E-state index contributed by atoms with van der Waals surface area (Å²) in [6.45, 7) is 1.01. The minimum atomic E-state index is 0.126. The van der Waals surface area contributed by atoms with Gasteiger partial charge in [0, 0.05) is 29.9 Å². The average Bonchev–Trinajstić information content (AvgIpc) is 3.09. The predicted octanol–water partition coefficient (Wildman–Crippen LogP) is 3.31. The third-order valence-corrected chi connectivity index (χ3v) is 5.38. The highest BCUT2D eigenvalue weighted by molar-refractivity contribution is 6.31. The Bertz CT molecular complexity index is 560. The van der Waals surface area contributed by atoms with Gasteiger partial charge in [0.1, 0.15) is 0 Å². The van der Waals surface area contributed by atoms with Crippen molar-refractivity contribution >= 4 is 23.1 Å². The molecule has 2 saturated carbocycles. The molecule has 0 saturated heterocycles. The number of benzene rings is 1. The van der Waals surface area contributed by atoms with Crippen LogP contribution in [0.2, 0.25) is 5.02 Å². The van der Waals surface area contributed by atoms with Crippen molar-refractivity contribution in [1.29, 1.82) is 0 Å². The molecule has 0 aliphatic heterocycles. The SMILES string of the molecule is CN(CC1CC2CCC1C2)c1cc(Cl)ccc1C(N)=NO. The number of fused-ring (bicyclic) bond motifs is 2. The predicted molar refractivity (Wildman–Crippen MR) is 86.2 cm³/mol. The summed E-state index contributed by atoms with van der Waals surface area (Å²) in [6, 6.07) is 5.47. The molecule has 0 aromatic heterocycles. The first-order valence-corrected chi connectivity index (χ1v) is 7.95. The minimum absolute atomic E-state index is 0.126. The lowest BCUT2D eigenvalue weighted by molar-refractivity contribution is 0.318. The van der Waals surface area contributed by atoms with Crippen LogP contribution in [0.1, 0.15) is 31.2 Å². The second-order valence-electron chi connectivity index (χ2n) is 6.46. The highest BCUT2D eigenvalue weighted by Gasteiger charge is 2.39. The number of halogens is 1. The molecular weight excluding hydrogens is 286 g/mol. The van der Waals surface area contributed by atoms with Crippen LogP contribution in [0.5, 0.6) is 0 Å². The number of nitrogens with two attached hydrogens (primary N) is 1. The third kappa shape index (κ3) is 2.82. The molecule has 2 fully saturated rings. The Balaban J connectivity index is 1.80. The van der Waals surface area contributed by atoms with Crippen molar-refractivity contribution in [1.82, 2.24) is 0 Å². The van der Waals surface area contributed by atoms with Crippen molar-refractivity contribution in [3.05, 3.63) is 28.8 Å². The highest BCUT2D eigenvalue weighted by atomic mass is 35.5. The second kappa shape index (κ2) is 5.76. The molecule has 0 heterocycles. The van der Waals surface area contributed by atoms with Crippen LogP contribution in [0.25, 0.3) is 0 Å². The summed E-state index contributed by atoms with van der Waals surface area (Å²) in [7, 11) is 2.06. The van der Waals surface area contributed by atoms with Crippen LogP contribution in [0.15, 0.2) is 23.4 Å². The molecule has 114 valence electrons. The first-order valence-electron chi connectivity index (χ1n) is 7.57. The average molecular weight is 308 g/mol. The number of nitrogens with zero attached hydrogens (tertiary/aromatic N) is 2. The smallest absolute Gasteiger partial charge is 0.172 e. The van der Waals surface area contributed by atoms with Gasteiger partial charge < -0.3 is 15.8 Å². The minimum Gasteiger partial charge on any atom is -0.409 e. The van der Waals surface area contributed by atoms with E-state index in [9.17, 15) is 0 Å². The molecule has 0 spiro atoms. The third-order valence-electron chi connectivity index (χ3n) is 5.15. The second-order valence-corrected chi connectivity index (χ2v) is 6.90. The maximum absolute atomic E-state index is 8.95. The van der Waals surface area contributed by atoms with Crippen LogP contribution in [0, 0.1) is 17.8 Å². The maximum Gasteiger partial charge on any atom is 0.172 e. The molecule has 21 heavy (non-hydrogen) atoms. The fraction of sp³-hybridized carbons (Fsp3) is 0.562. The van der Waals surface area contributed by atoms with Crippen LogP contribution in [-0.4, -0.2) is 24.6 Å². The number of hydrogen-bond donors (Lipinski definition) is 2. The molecule has 0 radical (unpaired) electrons. The number of oxime groups is 1. The molecule has 2 aliphatic carbocycles. The van der Waals surface area contributed by atoms with E-state index in [2.05, 4.69) is 17.1 Å². The van der Waals surface area contributed by atoms with E-state index in [0.29, 0.717) is 5.02 Å². The fourth-order valence-electron chi connectivity index (χ4n) is 4.14. The largest absolute Gasteiger partial charge is 0.409 e. The van der Waals surface area contributed by atoms with E-state index in [1.807, 2.05) is 12.1 Å². The van der Waals surface area contributed by atoms with Crippen LogP contribution < -0.4 is 10.6 Å². The maximum atomic E-state index is 8.95. The van der Waals surface area contributed by atoms with E-state index in [1.165, 1.54) is 25.7 Å². The van der Waals surface area contributed by atoms with Crippen LogP contribution in [0.3, 0.4) is 0 Å². The number of hydrogen-bond acceptors (Lipinski definition) is 3. The lowest BCUT2D eigenvalue weighted by Crippen LogP contribution is -2.30. The van der Waals surface area contributed by atoms with E-state index in [0.717, 1.165) is 35.5 Å². The number of rotatable bonds is 4. The van der Waals surface area contributed by atoms with Gasteiger partial charge in [0.25, 0.3) is 0 Å². The van der Waals surface area contributed by atoms with Gasteiger partial charge in [-0.3, -0.25) is 0 Å². The Morgan fingerprint density at radius 3 is 2.86 bits per heavy atom. The summed E-state index contributed by atoms with van der Waals surface area (Å²) in [4.78, 5) is 2.20. The topological polar surface area (TPSA) is 61.8 Å². The van der Waals surface area contributed by atoms with E-state index in [-0.39, 0.29) is 5.84 Å². The van der Waals surface area contributed by atoms with E-state index in [4.69, 9.17) is 22.5 Å². The Labute approximate surface area is 130 Å². The zero-order valence-electron chi connectivity index (χ0n) is 12.3. The zero-order valence-corrected chi connectivity index (χ0v) is 13.1. The molecule has 2 aliphatic rings. The van der Waals surface area contributed by atoms with E-state index < -0.39 is 0 Å². The van der Waals surface area contributed by atoms with Crippen molar-refractivity contribution in [3.8, 4) is 0 Å². The van der Waals surface area contributed by atoms with Crippen molar-refractivity contribution in [3.63, 3.8) is 0 Å². The van der Waals surface area contributed by atoms with Gasteiger partial charge in [-0.1, -0.05) is 23.2 Å². The van der Waals surface area contributed by atoms with Gasteiger partial charge in [0.05, 0.1) is 0 Å². The van der Waals surface area contributed by atoms with Gasteiger partial charge in [-0.05, 0) is 55.2 Å². The van der Waals surface area contributed by atoms with Gasteiger partial charge in [-0.25, -0.2) is 0 Å². The summed E-state index contributed by atoms with van der Waals surface area (Å²) in [5.41, 5.74) is 7.44. The highest BCUT2D eigenvalue weighted by Crippen LogP contribution is 2.48. The molecular formula is C16H22ClN3O. The molecule has 3 rings (SSSR count). The van der Waals surface area contributed by atoms with E-state index >= 15 is 0 Å². The Morgan fingerprint density at radius 2 is 2.24 bits per heavy atom. The molecule has 3 atom stereocenters. The molecule has 3 unspecified atom stereocenters. The summed E-state index contributed by atoms with van der Waals surface area (Å²) in [5, 5.41) is 12.7. The normalized spacial score (nSPS) is 28.1. The van der Waals surface area contributed by atoms with Gasteiger partial charge in [0.2, 0.25) is 0 Å². The van der Waals surface area contributed by atoms with Crippen LogP contribution >= 0.6 is 11.6 Å². The molecule has 5 heteroatoms. The zero-order chi connectivity index (χ0) is 15.0. The summed E-state index contributed by atoms with van der Waals surface area (Å²) >= 11 is 6.12. The standard InChI is InChI=1S/C16H22ClN3O/c1-20(9-12-7-10-2-3-11(12)6-10)15-8-13(17)4-5-14(15)16(18)19-21/h4-5,8,10-12,21H,2-3,6-7,9H2,1H3,(H2,18,19). The quantitative estimate of drug-likeness (QED) is 0.388. The summed E-state index contributed by atoms with van der Waals surface area (Å²) in [5.74, 6) is 2.70. The van der Waals surface area contributed by atoms with Gasteiger partial charge in [0.15, 0.2) is 5.84 Å². The first-order chi connectivity index (χ1) is 10.1. The Kier molecular flexibility index (Phi) is 3.98. The Hall–Kier alpha value is -1.42. The molecule has 2 bridgehead atoms. The van der Waals surface area contributed by atoms with Crippen LogP contribution in [0.4, 0.5) is 5.69 Å². The van der Waals surface area contributed by atoms with Crippen LogP contribution in [-0.2, 0) is 0 Å². The van der Waals surface area contributed by atoms with Gasteiger partial charge >= 0.3 is 0 Å². The Morgan fingerprint density at radius 1 is 1.43 bits per heavy atom. The molecule has 1 aromatic carbocycles.